The Morgan fingerprint density at radius 2 is 1.38 bits per heavy atom. The molecule has 0 amide bonds. The van der Waals surface area contributed by atoms with E-state index in [0.29, 0.717) is 15.5 Å². The smallest absolute Gasteiger partial charge is 0.137 e. The van der Waals surface area contributed by atoms with Crippen molar-refractivity contribution in [3.05, 3.63) is 0 Å². The maximum Gasteiger partial charge on any atom is 0.137 e. The van der Waals surface area contributed by atoms with Crippen molar-refractivity contribution < 1.29 is 0 Å². The third-order valence-electron chi connectivity index (χ3n) is 3.89. The second kappa shape index (κ2) is 5.45. The van der Waals surface area contributed by atoms with E-state index in [1.54, 1.807) is 0 Å². The molecule has 0 aromatic heterocycles. The van der Waals surface area contributed by atoms with Gasteiger partial charge in [-0.1, -0.05) is 55.4 Å². The summed E-state index contributed by atoms with van der Waals surface area (Å²) >= 11 is 4.66. The second-order valence-electron chi connectivity index (χ2n) is 6.83. The van der Waals surface area contributed by atoms with Gasteiger partial charge in [0.15, 0.2) is 0 Å². The van der Waals surface area contributed by atoms with Gasteiger partial charge in [0.25, 0.3) is 0 Å². The highest BCUT2D eigenvalue weighted by molar-refractivity contribution is 7.81. The average molecular weight is 262 g/mol. The van der Waals surface area contributed by atoms with Gasteiger partial charge in [0.1, 0.15) is 8.24 Å². The predicted octanol–water partition coefficient (Wildman–Crippen LogP) is 4.81. The van der Waals surface area contributed by atoms with Crippen molar-refractivity contribution in [1.82, 2.24) is 4.98 Å². The summed E-state index contributed by atoms with van der Waals surface area (Å²) < 4.78 is 0. The SMILES string of the molecule is CCC(S)N[Si](CC)(C(C)(C)C)C(C)(C)C. The number of hydrogen-bond acceptors (Lipinski definition) is 2. The van der Waals surface area contributed by atoms with Crippen molar-refractivity contribution in [3.63, 3.8) is 0 Å². The van der Waals surface area contributed by atoms with Crippen LogP contribution >= 0.6 is 12.6 Å². The lowest BCUT2D eigenvalue weighted by atomic mass is 10.2. The molecule has 1 nitrogen and oxygen atoms in total. The van der Waals surface area contributed by atoms with Crippen molar-refractivity contribution in [2.45, 2.75) is 83.3 Å². The van der Waals surface area contributed by atoms with Crippen LogP contribution in [-0.2, 0) is 0 Å². The van der Waals surface area contributed by atoms with Crippen LogP contribution in [0.5, 0.6) is 0 Å². The largest absolute Gasteiger partial charge is 0.325 e. The Bertz CT molecular complexity index is 201. The summed E-state index contributed by atoms with van der Waals surface area (Å²) in [7, 11) is -1.58. The van der Waals surface area contributed by atoms with Gasteiger partial charge in [-0.2, -0.15) is 12.6 Å². The zero-order valence-corrected chi connectivity index (χ0v) is 14.3. The molecule has 0 aromatic rings. The van der Waals surface area contributed by atoms with Gasteiger partial charge in [0.05, 0.1) is 0 Å². The van der Waals surface area contributed by atoms with Crippen molar-refractivity contribution in [1.29, 1.82) is 0 Å². The molecule has 0 aliphatic rings. The first-order valence-corrected chi connectivity index (χ1v) is 9.20. The van der Waals surface area contributed by atoms with Crippen LogP contribution in [0, 0.1) is 0 Å². The third kappa shape index (κ3) is 3.27. The number of rotatable bonds is 4. The Kier molecular flexibility index (Phi) is 5.63. The van der Waals surface area contributed by atoms with Crippen molar-refractivity contribution in [2.75, 3.05) is 0 Å². The standard InChI is InChI=1S/C13H31NSSi/c1-9-11(15)14-16(10-2,12(3,4)5)13(6,7)8/h11,14-15H,9-10H2,1-8H3. The zero-order chi connectivity index (χ0) is 13.2. The molecule has 0 aromatic carbocycles. The van der Waals surface area contributed by atoms with Crippen molar-refractivity contribution in [2.24, 2.45) is 0 Å². The van der Waals surface area contributed by atoms with Gasteiger partial charge in [0.2, 0.25) is 0 Å². The molecule has 0 saturated heterocycles. The highest BCUT2D eigenvalue weighted by Crippen LogP contribution is 2.51. The molecule has 0 saturated carbocycles. The molecule has 1 unspecified atom stereocenters. The summed E-state index contributed by atoms with van der Waals surface area (Å²) in [5, 5.41) is 1.05. The van der Waals surface area contributed by atoms with E-state index in [1.807, 2.05) is 0 Å². The van der Waals surface area contributed by atoms with Crippen LogP contribution in [0.15, 0.2) is 0 Å². The Labute approximate surface area is 109 Å². The fourth-order valence-corrected chi connectivity index (χ4v) is 9.98. The highest BCUT2D eigenvalue weighted by Gasteiger charge is 2.52. The van der Waals surface area contributed by atoms with E-state index in [1.165, 1.54) is 6.04 Å². The Balaban J connectivity index is 5.32. The Morgan fingerprint density at radius 1 is 1.00 bits per heavy atom. The molecule has 1 atom stereocenters. The maximum absolute atomic E-state index is 4.66. The lowest BCUT2D eigenvalue weighted by Crippen LogP contribution is -2.64. The highest BCUT2D eigenvalue weighted by atomic mass is 32.1. The van der Waals surface area contributed by atoms with Crippen LogP contribution in [0.1, 0.15) is 61.8 Å². The lowest BCUT2D eigenvalue weighted by molar-refractivity contribution is 0.563. The maximum atomic E-state index is 4.66. The third-order valence-corrected chi connectivity index (χ3v) is 11.7. The molecule has 0 fully saturated rings. The first-order chi connectivity index (χ1) is 7.02. The average Bonchev–Trinajstić information content (AvgIpc) is 2.09. The first kappa shape index (κ1) is 16.5. The molecule has 0 rings (SSSR count). The first-order valence-electron chi connectivity index (χ1n) is 6.47. The van der Waals surface area contributed by atoms with Crippen LogP contribution < -0.4 is 4.98 Å². The summed E-state index contributed by atoms with van der Waals surface area (Å²) in [6.45, 7) is 18.9. The molecule has 0 spiro atoms. The Hall–Kier alpha value is 0.527. The van der Waals surface area contributed by atoms with Crippen LogP contribution in [0.2, 0.25) is 16.1 Å². The van der Waals surface area contributed by atoms with Gasteiger partial charge in [-0.05, 0) is 22.5 Å². The molecular weight excluding hydrogens is 230 g/mol. The minimum Gasteiger partial charge on any atom is -0.325 e. The van der Waals surface area contributed by atoms with Crippen LogP contribution in [0.3, 0.4) is 0 Å². The molecule has 0 bridgehead atoms. The van der Waals surface area contributed by atoms with Crippen molar-refractivity contribution in [3.8, 4) is 0 Å². The van der Waals surface area contributed by atoms with Crippen LogP contribution in [-0.4, -0.2) is 13.6 Å². The monoisotopic (exact) mass is 261 g/mol. The lowest BCUT2D eigenvalue weighted by Gasteiger charge is -2.53. The number of thiol groups is 1. The van der Waals surface area contributed by atoms with Gasteiger partial charge in [-0.25, -0.2) is 0 Å². The van der Waals surface area contributed by atoms with E-state index in [9.17, 15) is 0 Å². The van der Waals surface area contributed by atoms with Gasteiger partial charge in [-0.15, -0.1) is 0 Å². The zero-order valence-electron chi connectivity index (χ0n) is 12.4. The van der Waals surface area contributed by atoms with Gasteiger partial charge in [0, 0.05) is 5.37 Å². The van der Waals surface area contributed by atoms with Crippen LogP contribution in [0.25, 0.3) is 0 Å². The molecule has 3 heteroatoms. The minimum atomic E-state index is -1.58. The molecule has 0 radical (unpaired) electrons. The quantitative estimate of drug-likeness (QED) is 0.420. The topological polar surface area (TPSA) is 12.0 Å². The van der Waals surface area contributed by atoms with Crippen LogP contribution in [0.4, 0.5) is 0 Å². The number of hydrogen-bond donors (Lipinski definition) is 2. The summed E-state index contributed by atoms with van der Waals surface area (Å²) in [6, 6.07) is 1.26. The summed E-state index contributed by atoms with van der Waals surface area (Å²) in [5.41, 5.74) is 0. The molecule has 1 N–H and O–H groups in total. The fraction of sp³-hybridized carbons (Fsp3) is 1.00. The summed E-state index contributed by atoms with van der Waals surface area (Å²) in [5.74, 6) is 0. The molecule has 0 heterocycles. The minimum absolute atomic E-state index is 0.338. The van der Waals surface area contributed by atoms with E-state index >= 15 is 0 Å². The molecular formula is C13H31NSSi. The predicted molar refractivity (Wildman–Crippen MR) is 81.9 cm³/mol. The number of nitrogens with one attached hydrogen (secondary N) is 1. The second-order valence-corrected chi connectivity index (χ2v) is 13.3. The van der Waals surface area contributed by atoms with Gasteiger partial charge in [-0.3, -0.25) is 0 Å². The van der Waals surface area contributed by atoms with E-state index in [-0.39, 0.29) is 0 Å². The van der Waals surface area contributed by atoms with Crippen molar-refractivity contribution >= 4 is 20.9 Å². The summed E-state index contributed by atoms with van der Waals surface area (Å²) in [4.78, 5) is 3.91. The summed E-state index contributed by atoms with van der Waals surface area (Å²) in [6.07, 6.45) is 1.09. The van der Waals surface area contributed by atoms with E-state index in [0.717, 1.165) is 6.42 Å². The fourth-order valence-electron chi connectivity index (χ4n) is 3.11. The molecule has 98 valence electrons. The van der Waals surface area contributed by atoms with E-state index in [4.69, 9.17) is 0 Å². The van der Waals surface area contributed by atoms with E-state index in [2.05, 4.69) is 73.0 Å². The normalized spacial score (nSPS) is 16.3. The van der Waals surface area contributed by atoms with E-state index < -0.39 is 8.24 Å². The molecule has 0 aliphatic heterocycles. The molecule has 16 heavy (non-hydrogen) atoms. The Morgan fingerprint density at radius 3 is 1.56 bits per heavy atom. The molecule has 0 aliphatic carbocycles. The van der Waals surface area contributed by atoms with Gasteiger partial charge < -0.3 is 4.98 Å². The van der Waals surface area contributed by atoms with Gasteiger partial charge >= 0.3 is 0 Å².